The number of carbonyl (C=O) groups is 1. The lowest BCUT2D eigenvalue weighted by Gasteiger charge is -2.18. The number of benzene rings is 1. The number of carbonyl (C=O) groups excluding carboxylic acids is 1. The lowest BCUT2D eigenvalue weighted by atomic mass is 10.0. The van der Waals surface area contributed by atoms with Crippen LogP contribution in [0.15, 0.2) is 42.7 Å². The summed E-state index contributed by atoms with van der Waals surface area (Å²) < 4.78 is 4.78. The van der Waals surface area contributed by atoms with Crippen LogP contribution in [0.4, 0.5) is 5.69 Å². The monoisotopic (exact) mass is 270 g/mol. The lowest BCUT2D eigenvalue weighted by Crippen LogP contribution is -2.10. The van der Waals surface area contributed by atoms with Gasteiger partial charge in [0.15, 0.2) is 0 Å². The summed E-state index contributed by atoms with van der Waals surface area (Å²) in [5, 5.41) is 3.40. The van der Waals surface area contributed by atoms with Gasteiger partial charge in [-0.2, -0.15) is 0 Å². The number of aromatic nitrogens is 1. The van der Waals surface area contributed by atoms with Crippen LogP contribution >= 0.6 is 0 Å². The zero-order valence-corrected chi connectivity index (χ0v) is 11.9. The van der Waals surface area contributed by atoms with E-state index in [1.165, 1.54) is 7.11 Å². The molecule has 0 radical (unpaired) electrons. The second-order valence-electron chi connectivity index (χ2n) is 4.62. The van der Waals surface area contributed by atoms with Gasteiger partial charge in [-0.1, -0.05) is 12.1 Å². The molecular formula is C16H18N2O2. The molecule has 1 heterocycles. The van der Waals surface area contributed by atoms with E-state index >= 15 is 0 Å². The largest absolute Gasteiger partial charge is 0.465 e. The van der Waals surface area contributed by atoms with E-state index < -0.39 is 0 Å². The number of methoxy groups -OCH3 is 1. The molecule has 20 heavy (non-hydrogen) atoms. The number of hydrogen-bond acceptors (Lipinski definition) is 4. The molecule has 0 bridgehead atoms. The van der Waals surface area contributed by atoms with Crippen molar-refractivity contribution in [1.82, 2.24) is 4.98 Å². The third-order valence-corrected chi connectivity index (χ3v) is 3.30. The Morgan fingerprint density at radius 3 is 2.75 bits per heavy atom. The van der Waals surface area contributed by atoms with Crippen LogP contribution in [0.25, 0.3) is 0 Å². The Morgan fingerprint density at radius 1 is 1.30 bits per heavy atom. The highest BCUT2D eigenvalue weighted by Gasteiger charge is 2.13. The van der Waals surface area contributed by atoms with Gasteiger partial charge in [0.2, 0.25) is 0 Å². The third-order valence-electron chi connectivity index (χ3n) is 3.30. The predicted octanol–water partition coefficient (Wildman–Crippen LogP) is 3.35. The van der Waals surface area contributed by atoms with Crippen molar-refractivity contribution in [3.05, 3.63) is 59.4 Å². The molecular weight excluding hydrogens is 252 g/mol. The average Bonchev–Trinajstić information content (AvgIpc) is 2.49. The molecule has 0 aliphatic rings. The number of rotatable bonds is 4. The third kappa shape index (κ3) is 2.96. The molecule has 0 spiro atoms. The van der Waals surface area contributed by atoms with Crippen molar-refractivity contribution in [3.63, 3.8) is 0 Å². The van der Waals surface area contributed by atoms with Crippen molar-refractivity contribution < 1.29 is 9.53 Å². The molecule has 104 valence electrons. The van der Waals surface area contributed by atoms with Crippen molar-refractivity contribution in [3.8, 4) is 0 Å². The maximum absolute atomic E-state index is 11.7. The highest BCUT2D eigenvalue weighted by Crippen LogP contribution is 2.24. The molecule has 1 atom stereocenters. The van der Waals surface area contributed by atoms with Gasteiger partial charge in [0, 0.05) is 18.1 Å². The molecule has 2 rings (SSSR count). The van der Waals surface area contributed by atoms with Gasteiger partial charge in [-0.05, 0) is 43.2 Å². The first kappa shape index (κ1) is 14.1. The minimum atomic E-state index is -0.319. The maximum atomic E-state index is 11.7. The molecule has 1 N–H and O–H groups in total. The van der Waals surface area contributed by atoms with E-state index in [1.807, 2.05) is 37.4 Å². The zero-order valence-electron chi connectivity index (χ0n) is 11.9. The fourth-order valence-corrected chi connectivity index (χ4v) is 2.07. The van der Waals surface area contributed by atoms with Crippen molar-refractivity contribution in [1.29, 1.82) is 0 Å². The van der Waals surface area contributed by atoms with Crippen LogP contribution in [0.5, 0.6) is 0 Å². The first-order chi connectivity index (χ1) is 9.63. The van der Waals surface area contributed by atoms with Gasteiger partial charge in [-0.25, -0.2) is 4.79 Å². The van der Waals surface area contributed by atoms with Crippen molar-refractivity contribution in [2.24, 2.45) is 0 Å². The van der Waals surface area contributed by atoms with Crippen LogP contribution in [0.2, 0.25) is 0 Å². The Kier molecular flexibility index (Phi) is 4.35. The smallest absolute Gasteiger partial charge is 0.338 e. The fourth-order valence-electron chi connectivity index (χ4n) is 2.07. The van der Waals surface area contributed by atoms with Gasteiger partial charge < -0.3 is 10.1 Å². The number of ether oxygens (including phenoxy) is 1. The maximum Gasteiger partial charge on any atom is 0.338 e. The van der Waals surface area contributed by atoms with Crippen molar-refractivity contribution >= 4 is 11.7 Å². The molecule has 0 saturated heterocycles. The van der Waals surface area contributed by atoms with E-state index in [0.717, 1.165) is 16.8 Å². The lowest BCUT2D eigenvalue weighted by molar-refractivity contribution is 0.0600. The van der Waals surface area contributed by atoms with Crippen LogP contribution in [-0.4, -0.2) is 18.1 Å². The summed E-state index contributed by atoms with van der Waals surface area (Å²) in [4.78, 5) is 15.8. The quantitative estimate of drug-likeness (QED) is 0.866. The zero-order chi connectivity index (χ0) is 14.5. The molecule has 1 aromatic carbocycles. The first-order valence-corrected chi connectivity index (χ1v) is 6.48. The summed E-state index contributed by atoms with van der Waals surface area (Å²) in [6.07, 6.45) is 3.58. The normalized spacial score (nSPS) is 11.8. The van der Waals surface area contributed by atoms with E-state index in [9.17, 15) is 4.79 Å². The number of anilines is 1. The fraction of sp³-hybridized carbons (Fsp3) is 0.250. The highest BCUT2D eigenvalue weighted by molar-refractivity contribution is 5.92. The standard InChI is InChI=1S/C16H18N2O2/c1-11-14(16(19)20-3)7-4-8-15(11)18-12(2)13-6-5-9-17-10-13/h4-10,12,18H,1-3H3. The average molecular weight is 270 g/mol. The number of esters is 1. The predicted molar refractivity (Wildman–Crippen MR) is 78.8 cm³/mol. The molecule has 4 nitrogen and oxygen atoms in total. The molecule has 0 amide bonds. The topological polar surface area (TPSA) is 51.2 Å². The van der Waals surface area contributed by atoms with Crippen LogP contribution in [0.3, 0.4) is 0 Å². The summed E-state index contributed by atoms with van der Waals surface area (Å²) >= 11 is 0. The van der Waals surface area contributed by atoms with Crippen LogP contribution in [0.1, 0.15) is 34.5 Å². The Balaban J connectivity index is 2.24. The molecule has 1 aromatic heterocycles. The van der Waals surface area contributed by atoms with Gasteiger partial charge in [-0.15, -0.1) is 0 Å². The van der Waals surface area contributed by atoms with Crippen LogP contribution < -0.4 is 5.32 Å². The molecule has 0 aliphatic carbocycles. The van der Waals surface area contributed by atoms with E-state index in [0.29, 0.717) is 5.56 Å². The van der Waals surface area contributed by atoms with E-state index in [1.54, 1.807) is 12.3 Å². The minimum Gasteiger partial charge on any atom is -0.465 e. The Hall–Kier alpha value is -2.36. The number of pyridine rings is 1. The van der Waals surface area contributed by atoms with Crippen molar-refractivity contribution in [2.75, 3.05) is 12.4 Å². The molecule has 2 aromatic rings. The van der Waals surface area contributed by atoms with Gasteiger partial charge >= 0.3 is 5.97 Å². The van der Waals surface area contributed by atoms with Gasteiger partial charge in [0.1, 0.15) is 0 Å². The molecule has 0 fully saturated rings. The Labute approximate surface area is 118 Å². The minimum absolute atomic E-state index is 0.107. The summed E-state index contributed by atoms with van der Waals surface area (Å²) in [6, 6.07) is 9.60. The van der Waals surface area contributed by atoms with Gasteiger partial charge in [0.05, 0.1) is 18.7 Å². The summed E-state index contributed by atoms with van der Waals surface area (Å²) in [6.45, 7) is 3.96. The second-order valence-corrected chi connectivity index (χ2v) is 4.62. The number of nitrogens with one attached hydrogen (secondary N) is 1. The number of hydrogen-bond donors (Lipinski definition) is 1. The summed E-state index contributed by atoms with van der Waals surface area (Å²) in [5.74, 6) is -0.319. The van der Waals surface area contributed by atoms with Crippen LogP contribution in [0, 0.1) is 6.92 Å². The summed E-state index contributed by atoms with van der Waals surface area (Å²) in [7, 11) is 1.39. The summed E-state index contributed by atoms with van der Waals surface area (Å²) in [5.41, 5.74) is 3.48. The van der Waals surface area contributed by atoms with Crippen molar-refractivity contribution in [2.45, 2.75) is 19.9 Å². The van der Waals surface area contributed by atoms with Crippen LogP contribution in [-0.2, 0) is 4.74 Å². The van der Waals surface area contributed by atoms with Gasteiger partial charge in [0.25, 0.3) is 0 Å². The Morgan fingerprint density at radius 2 is 2.10 bits per heavy atom. The molecule has 1 unspecified atom stereocenters. The van der Waals surface area contributed by atoms with E-state index in [-0.39, 0.29) is 12.0 Å². The van der Waals surface area contributed by atoms with E-state index in [4.69, 9.17) is 4.74 Å². The highest BCUT2D eigenvalue weighted by atomic mass is 16.5. The van der Waals surface area contributed by atoms with E-state index in [2.05, 4.69) is 17.2 Å². The molecule has 0 aliphatic heterocycles. The second kappa shape index (κ2) is 6.19. The number of nitrogens with zero attached hydrogens (tertiary/aromatic N) is 1. The molecule has 0 saturated carbocycles. The molecule has 4 heteroatoms. The first-order valence-electron chi connectivity index (χ1n) is 6.48. The Bertz CT molecular complexity index is 597. The SMILES string of the molecule is COC(=O)c1cccc(NC(C)c2cccnc2)c1C. The van der Waals surface area contributed by atoms with Gasteiger partial charge in [-0.3, -0.25) is 4.98 Å².